The number of benzene rings is 4. The number of carbonyl (C=O) groups excluding carboxylic acids is 1. The van der Waals surface area contributed by atoms with Gasteiger partial charge in [-0.3, -0.25) is 4.79 Å². The van der Waals surface area contributed by atoms with Crippen LogP contribution in [-0.2, 0) is 34.8 Å². The number of halogens is 3. The van der Waals surface area contributed by atoms with E-state index in [1.165, 1.54) is 0 Å². The van der Waals surface area contributed by atoms with Crippen molar-refractivity contribution >= 4 is 13.0 Å². The van der Waals surface area contributed by atoms with Crippen molar-refractivity contribution in [1.29, 1.82) is 0 Å². The second kappa shape index (κ2) is 13.4. The Morgan fingerprint density at radius 3 is 1.27 bits per heavy atom. The fraction of sp³-hybridized carbons (Fsp3) is 0.229. The highest BCUT2D eigenvalue weighted by Crippen LogP contribution is 2.50. The minimum atomic E-state index is -5.13. The molecule has 0 spiro atoms. The van der Waals surface area contributed by atoms with Crippen LogP contribution in [-0.4, -0.2) is 51.6 Å². The van der Waals surface area contributed by atoms with E-state index in [1.807, 2.05) is 127 Å². The minimum absolute atomic E-state index is 0.707. The van der Waals surface area contributed by atoms with Crippen LogP contribution in [0.5, 0.6) is 0 Å². The lowest BCUT2D eigenvalue weighted by Gasteiger charge is -2.46. The molecule has 1 amide bonds. The number of methoxy groups -OCH3 is 2. The van der Waals surface area contributed by atoms with Gasteiger partial charge < -0.3 is 24.1 Å². The van der Waals surface area contributed by atoms with Crippen molar-refractivity contribution in [3.05, 3.63) is 156 Å². The molecule has 10 heteroatoms. The number of amides is 1. The number of hydrogen-bond donors (Lipinski definition) is 1. The molecule has 4 aromatic carbocycles. The zero-order valence-corrected chi connectivity index (χ0v) is 24.8. The van der Waals surface area contributed by atoms with Gasteiger partial charge >= 0.3 is 19.2 Å². The van der Waals surface area contributed by atoms with Crippen LogP contribution in [0.25, 0.3) is 0 Å². The van der Waals surface area contributed by atoms with Gasteiger partial charge in [0.2, 0.25) is 0 Å². The van der Waals surface area contributed by atoms with Crippen molar-refractivity contribution in [1.82, 2.24) is 5.32 Å². The van der Waals surface area contributed by atoms with Crippen molar-refractivity contribution in [2.75, 3.05) is 14.2 Å². The molecule has 3 atom stereocenters. The molecule has 5 rings (SSSR count). The van der Waals surface area contributed by atoms with Gasteiger partial charge in [-0.1, -0.05) is 127 Å². The number of nitrogens with one attached hydrogen (secondary N) is 1. The first-order valence-corrected chi connectivity index (χ1v) is 14.4. The van der Waals surface area contributed by atoms with E-state index in [0.717, 1.165) is 6.08 Å². The molecular formula is C35H33BF3NO5. The summed E-state index contributed by atoms with van der Waals surface area (Å²) in [7, 11) is 1.68. The topological polar surface area (TPSA) is 66.0 Å². The van der Waals surface area contributed by atoms with E-state index in [1.54, 1.807) is 14.2 Å². The van der Waals surface area contributed by atoms with Gasteiger partial charge in [0.25, 0.3) is 0 Å². The molecule has 6 nitrogen and oxygen atoms in total. The summed E-state index contributed by atoms with van der Waals surface area (Å²) in [6.07, 6.45) is -6.08. The summed E-state index contributed by atoms with van der Waals surface area (Å²) in [4.78, 5) is 12.1. The Morgan fingerprint density at radius 1 is 0.711 bits per heavy atom. The van der Waals surface area contributed by atoms with Gasteiger partial charge in [-0.15, -0.1) is 6.58 Å². The Hall–Kier alpha value is -4.22. The molecule has 1 aliphatic rings. The molecule has 1 fully saturated rings. The van der Waals surface area contributed by atoms with E-state index in [-0.39, 0.29) is 0 Å². The van der Waals surface area contributed by atoms with Crippen LogP contribution in [0.1, 0.15) is 22.3 Å². The molecule has 0 radical (unpaired) electrons. The van der Waals surface area contributed by atoms with Crippen LogP contribution < -0.4 is 5.32 Å². The zero-order chi connectivity index (χ0) is 32.1. The molecule has 0 aliphatic carbocycles. The second-order valence-electron chi connectivity index (χ2n) is 10.6. The molecule has 4 aromatic rings. The molecule has 0 bridgehead atoms. The van der Waals surface area contributed by atoms with Gasteiger partial charge in [0.1, 0.15) is 23.4 Å². The summed E-state index contributed by atoms with van der Waals surface area (Å²) in [6, 6.07) is 37.5. The maximum atomic E-state index is 13.4. The molecule has 0 aromatic heterocycles. The lowest BCUT2D eigenvalue weighted by atomic mass is 9.71. The first-order valence-electron chi connectivity index (χ1n) is 14.4. The van der Waals surface area contributed by atoms with E-state index >= 15 is 0 Å². The van der Waals surface area contributed by atoms with E-state index in [2.05, 4.69) is 6.58 Å². The summed E-state index contributed by atoms with van der Waals surface area (Å²) in [6.45, 7) is 3.68. The maximum Gasteiger partial charge on any atom is 0.485 e. The number of ether oxygens (including phenoxy) is 2. The van der Waals surface area contributed by atoms with Crippen molar-refractivity contribution in [2.24, 2.45) is 0 Å². The standard InChI is InChI=1S/C35H33BF3NO5/c1-4-29(40-32(41)35(37,38)39)36-44-30(33(42-2,25-17-9-5-10-18-25)26-19-11-6-12-20-26)31(45-36)34(43-3,27-21-13-7-14-22-27)28-23-15-8-16-24-28/h4-24,29-31H,1H2,2-3H3,(H,40,41)/t29?,30-,31-/m1/s1. The third kappa shape index (κ3) is 5.94. The number of carbonyl (C=O) groups is 1. The lowest BCUT2D eigenvalue weighted by Crippen LogP contribution is -2.56. The molecule has 0 saturated carbocycles. The second-order valence-corrected chi connectivity index (χ2v) is 10.6. The SMILES string of the molecule is C=CC(NC(=O)C(F)(F)F)B1O[C@@H](C(OC)(c2ccccc2)c2ccccc2)[C@H](C(OC)(c2ccccc2)c2ccccc2)O1. The van der Waals surface area contributed by atoms with Crippen molar-refractivity contribution in [3.63, 3.8) is 0 Å². The molecule has 232 valence electrons. The highest BCUT2D eigenvalue weighted by atomic mass is 19.4. The van der Waals surface area contributed by atoms with Gasteiger partial charge in [-0.25, -0.2) is 0 Å². The molecule has 1 aliphatic heterocycles. The maximum absolute atomic E-state index is 13.4. The highest BCUT2D eigenvalue weighted by Gasteiger charge is 2.63. The average molecular weight is 615 g/mol. The molecular weight excluding hydrogens is 582 g/mol. The highest BCUT2D eigenvalue weighted by molar-refractivity contribution is 6.48. The Labute approximate surface area is 260 Å². The third-order valence-corrected chi connectivity index (χ3v) is 8.19. The van der Waals surface area contributed by atoms with Crippen molar-refractivity contribution in [3.8, 4) is 0 Å². The molecule has 1 unspecified atom stereocenters. The first kappa shape index (κ1) is 32.2. The third-order valence-electron chi connectivity index (χ3n) is 8.19. The Kier molecular flexibility index (Phi) is 9.60. The number of rotatable bonds is 11. The van der Waals surface area contributed by atoms with Crippen LogP contribution in [0.2, 0.25) is 0 Å². The van der Waals surface area contributed by atoms with Gasteiger partial charge in [-0.2, -0.15) is 13.2 Å². The van der Waals surface area contributed by atoms with E-state index in [4.69, 9.17) is 18.8 Å². The summed E-state index contributed by atoms with van der Waals surface area (Å²) in [5, 5.41) is 1.97. The summed E-state index contributed by atoms with van der Waals surface area (Å²) < 4.78 is 66.5. The fourth-order valence-corrected chi connectivity index (χ4v) is 6.16. The predicted octanol–water partition coefficient (Wildman–Crippen LogP) is 6.21. The van der Waals surface area contributed by atoms with Gasteiger partial charge in [0.15, 0.2) is 0 Å². The minimum Gasteiger partial charge on any atom is -0.400 e. The smallest absolute Gasteiger partial charge is 0.400 e. The van der Waals surface area contributed by atoms with Crippen molar-refractivity contribution in [2.45, 2.75) is 35.5 Å². The molecule has 1 heterocycles. The number of alkyl halides is 3. The van der Waals surface area contributed by atoms with Gasteiger partial charge in [0, 0.05) is 14.2 Å². The van der Waals surface area contributed by atoms with Crippen LogP contribution in [0.15, 0.2) is 134 Å². The number of hydrogen-bond acceptors (Lipinski definition) is 5. The summed E-state index contributed by atoms with van der Waals surface area (Å²) >= 11 is 0. The van der Waals surface area contributed by atoms with E-state index in [0.29, 0.717) is 22.3 Å². The van der Waals surface area contributed by atoms with Gasteiger partial charge in [0.05, 0.1) is 5.94 Å². The Bertz CT molecular complexity index is 1380. The van der Waals surface area contributed by atoms with Crippen LogP contribution in [0.3, 0.4) is 0 Å². The lowest BCUT2D eigenvalue weighted by molar-refractivity contribution is -0.173. The van der Waals surface area contributed by atoms with E-state index < -0.39 is 48.6 Å². The monoisotopic (exact) mass is 615 g/mol. The normalized spacial score (nSPS) is 17.9. The predicted molar refractivity (Wildman–Crippen MR) is 165 cm³/mol. The zero-order valence-electron chi connectivity index (χ0n) is 24.8. The molecule has 1 saturated heterocycles. The first-order chi connectivity index (χ1) is 21.7. The Morgan fingerprint density at radius 2 is 1.02 bits per heavy atom. The molecule has 1 N–H and O–H groups in total. The van der Waals surface area contributed by atoms with Crippen LogP contribution in [0.4, 0.5) is 13.2 Å². The molecule has 45 heavy (non-hydrogen) atoms. The van der Waals surface area contributed by atoms with Crippen LogP contribution >= 0.6 is 0 Å². The average Bonchev–Trinajstić information content (AvgIpc) is 3.52. The van der Waals surface area contributed by atoms with E-state index in [9.17, 15) is 18.0 Å². The largest absolute Gasteiger partial charge is 0.485 e. The summed E-state index contributed by atoms with van der Waals surface area (Å²) in [5.41, 5.74) is 0.0959. The fourth-order valence-electron chi connectivity index (χ4n) is 6.16. The summed E-state index contributed by atoms with van der Waals surface area (Å²) in [5.74, 6) is -3.53. The van der Waals surface area contributed by atoms with Crippen LogP contribution in [0, 0.1) is 0 Å². The Balaban J connectivity index is 1.78. The van der Waals surface area contributed by atoms with Gasteiger partial charge in [-0.05, 0) is 22.3 Å². The van der Waals surface area contributed by atoms with Crippen molar-refractivity contribution < 1.29 is 36.7 Å². The quantitative estimate of drug-likeness (QED) is 0.161.